The summed E-state index contributed by atoms with van der Waals surface area (Å²) in [6, 6.07) is 0. The highest BCUT2D eigenvalue weighted by Crippen LogP contribution is 2.56. The van der Waals surface area contributed by atoms with Gasteiger partial charge in [-0.25, -0.2) is 4.39 Å². The van der Waals surface area contributed by atoms with Gasteiger partial charge in [-0.05, 0) is 80.8 Å². The molecule has 0 aromatic carbocycles. The number of aliphatic hydroxyl groups excluding tert-OH is 1. The molecule has 30 heavy (non-hydrogen) atoms. The van der Waals surface area contributed by atoms with E-state index in [0.29, 0.717) is 30.3 Å². The zero-order valence-corrected chi connectivity index (χ0v) is 19.1. The molecule has 3 aliphatic rings. The third-order valence-corrected chi connectivity index (χ3v) is 7.37. The molecular formula is C27H39FO2. The van der Waals surface area contributed by atoms with Gasteiger partial charge in [-0.2, -0.15) is 0 Å². The molecule has 0 radical (unpaired) electrons. The summed E-state index contributed by atoms with van der Waals surface area (Å²) in [7, 11) is 0. The molecule has 0 bridgehead atoms. The van der Waals surface area contributed by atoms with Crippen LogP contribution in [0.5, 0.6) is 0 Å². The number of alkyl halides is 1. The Morgan fingerprint density at radius 1 is 1.37 bits per heavy atom. The van der Waals surface area contributed by atoms with E-state index in [0.717, 1.165) is 24.8 Å². The molecule has 5 atom stereocenters. The van der Waals surface area contributed by atoms with Crippen molar-refractivity contribution >= 4 is 0 Å². The molecular weight excluding hydrogens is 375 g/mol. The molecule has 0 heterocycles. The van der Waals surface area contributed by atoms with Crippen LogP contribution in [0.25, 0.3) is 0 Å². The molecule has 0 aromatic heterocycles. The average molecular weight is 415 g/mol. The maximum Gasteiger partial charge on any atom is 0.127 e. The van der Waals surface area contributed by atoms with E-state index >= 15 is 0 Å². The molecule has 0 amide bonds. The van der Waals surface area contributed by atoms with Gasteiger partial charge in [0.2, 0.25) is 0 Å². The number of fused-ring (bicyclic) bond motifs is 1. The first-order chi connectivity index (χ1) is 14.0. The summed E-state index contributed by atoms with van der Waals surface area (Å²) < 4.78 is 14.1. The van der Waals surface area contributed by atoms with Gasteiger partial charge in [-0.15, -0.1) is 0 Å². The van der Waals surface area contributed by atoms with Gasteiger partial charge in [0.15, 0.2) is 0 Å². The first kappa shape index (κ1) is 23.2. The van der Waals surface area contributed by atoms with Crippen molar-refractivity contribution in [2.75, 3.05) is 0 Å². The smallest absolute Gasteiger partial charge is 0.127 e. The molecule has 2 fully saturated rings. The fraction of sp³-hybridized carbons (Fsp3) is 0.630. The third-order valence-electron chi connectivity index (χ3n) is 7.37. The molecule has 3 aliphatic carbocycles. The van der Waals surface area contributed by atoms with E-state index in [9.17, 15) is 14.6 Å². The monoisotopic (exact) mass is 414 g/mol. The fourth-order valence-electron chi connectivity index (χ4n) is 5.66. The van der Waals surface area contributed by atoms with E-state index in [-0.39, 0.29) is 11.8 Å². The summed E-state index contributed by atoms with van der Waals surface area (Å²) >= 11 is 0. The van der Waals surface area contributed by atoms with Gasteiger partial charge in [0.05, 0.1) is 11.7 Å². The Balaban J connectivity index is 1.76. The van der Waals surface area contributed by atoms with Gasteiger partial charge < -0.3 is 10.2 Å². The zero-order valence-electron chi connectivity index (χ0n) is 19.1. The van der Waals surface area contributed by atoms with Crippen LogP contribution in [0.1, 0.15) is 72.6 Å². The molecule has 166 valence electrons. The number of allylic oxidation sites excluding steroid dienone is 7. The Hall–Kier alpha value is -1.45. The summed E-state index contributed by atoms with van der Waals surface area (Å²) in [6.07, 6.45) is 15.1. The second-order valence-corrected chi connectivity index (χ2v) is 10.5. The van der Waals surface area contributed by atoms with E-state index in [1.807, 2.05) is 19.9 Å². The lowest BCUT2D eigenvalue weighted by atomic mass is 9.62. The Morgan fingerprint density at radius 2 is 2.10 bits per heavy atom. The largest absolute Gasteiger partial charge is 0.393 e. The van der Waals surface area contributed by atoms with Crippen LogP contribution in [0.15, 0.2) is 59.3 Å². The van der Waals surface area contributed by atoms with Crippen LogP contribution >= 0.6 is 0 Å². The van der Waals surface area contributed by atoms with Gasteiger partial charge in [0.25, 0.3) is 0 Å². The molecule has 0 spiro atoms. The third kappa shape index (κ3) is 5.06. The molecule has 0 aromatic rings. The van der Waals surface area contributed by atoms with E-state index < -0.39 is 17.9 Å². The maximum atomic E-state index is 14.1. The Labute approximate surface area is 182 Å². The minimum absolute atomic E-state index is 0.160. The highest BCUT2D eigenvalue weighted by molar-refractivity contribution is 5.40. The molecule has 3 rings (SSSR count). The minimum Gasteiger partial charge on any atom is -0.393 e. The van der Waals surface area contributed by atoms with Crippen LogP contribution < -0.4 is 0 Å². The van der Waals surface area contributed by atoms with Crippen LogP contribution in [-0.2, 0) is 0 Å². The highest BCUT2D eigenvalue weighted by Gasteiger charge is 2.45. The van der Waals surface area contributed by atoms with Crippen LogP contribution in [0.4, 0.5) is 4.39 Å². The van der Waals surface area contributed by atoms with Gasteiger partial charge >= 0.3 is 0 Å². The van der Waals surface area contributed by atoms with Crippen LogP contribution in [-0.4, -0.2) is 28.1 Å². The number of rotatable bonds is 5. The highest BCUT2D eigenvalue weighted by atomic mass is 19.1. The molecule has 2 saturated carbocycles. The Morgan fingerprint density at radius 3 is 2.80 bits per heavy atom. The predicted molar refractivity (Wildman–Crippen MR) is 123 cm³/mol. The van der Waals surface area contributed by atoms with Crippen LogP contribution in [0.3, 0.4) is 0 Å². The standard InChI is InChI=1S/C27H39FO2/c1-18(8-6-14-26(3,4)30)23-12-13-24-20(9-7-15-27(23,24)5)10-11-21-16-22(29)17-25(28)19(21)2/h6,8,10-12,18,22,24-25,29-30H,2,7,9,13-17H2,1,3-5H3. The van der Waals surface area contributed by atoms with E-state index in [4.69, 9.17) is 0 Å². The maximum absolute atomic E-state index is 14.1. The average Bonchev–Trinajstić information content (AvgIpc) is 3.00. The topological polar surface area (TPSA) is 40.5 Å². The Bertz CT molecular complexity index is 779. The van der Waals surface area contributed by atoms with Crippen molar-refractivity contribution in [2.45, 2.75) is 90.5 Å². The minimum atomic E-state index is -1.13. The molecule has 2 N–H and O–H groups in total. The molecule has 2 nitrogen and oxygen atoms in total. The van der Waals surface area contributed by atoms with Crippen molar-refractivity contribution in [3.05, 3.63) is 59.3 Å². The lowest BCUT2D eigenvalue weighted by molar-refractivity contribution is 0.0837. The quantitative estimate of drug-likeness (QED) is 0.513. The zero-order chi connectivity index (χ0) is 22.1. The SMILES string of the molecule is C=C1C(=CC=C2CCCC3(C)C(C(C)C=CCC(C)(C)O)=CCC23)CC(O)CC1F. The van der Waals surface area contributed by atoms with E-state index in [1.165, 1.54) is 17.6 Å². The van der Waals surface area contributed by atoms with Gasteiger partial charge in [-0.3, -0.25) is 0 Å². The lowest BCUT2D eigenvalue weighted by Gasteiger charge is -2.42. The Kier molecular flexibility index (Phi) is 6.94. The molecule has 0 saturated heterocycles. The summed E-state index contributed by atoms with van der Waals surface area (Å²) in [5.74, 6) is 0.854. The summed E-state index contributed by atoms with van der Waals surface area (Å²) in [6.45, 7) is 12.3. The van der Waals surface area contributed by atoms with Gasteiger partial charge in [-0.1, -0.05) is 62.0 Å². The number of aliphatic hydroxyl groups is 2. The first-order valence-electron chi connectivity index (χ1n) is 11.5. The van der Waals surface area contributed by atoms with Crippen molar-refractivity contribution in [2.24, 2.45) is 17.3 Å². The number of hydrogen-bond donors (Lipinski definition) is 2. The number of halogens is 1. The van der Waals surface area contributed by atoms with Crippen molar-refractivity contribution in [3.63, 3.8) is 0 Å². The summed E-state index contributed by atoms with van der Waals surface area (Å²) in [5.41, 5.74) is 3.84. The van der Waals surface area contributed by atoms with Crippen LogP contribution in [0, 0.1) is 17.3 Å². The molecule has 0 aliphatic heterocycles. The van der Waals surface area contributed by atoms with Gasteiger partial charge in [0.1, 0.15) is 6.17 Å². The second kappa shape index (κ2) is 8.96. The summed E-state index contributed by atoms with van der Waals surface area (Å²) in [4.78, 5) is 0. The first-order valence-corrected chi connectivity index (χ1v) is 11.5. The number of hydrogen-bond acceptors (Lipinski definition) is 2. The lowest BCUT2D eigenvalue weighted by Crippen LogP contribution is -2.32. The van der Waals surface area contributed by atoms with E-state index in [1.54, 1.807) is 0 Å². The van der Waals surface area contributed by atoms with E-state index in [2.05, 4.69) is 44.7 Å². The van der Waals surface area contributed by atoms with Crippen molar-refractivity contribution in [1.29, 1.82) is 0 Å². The molecule has 3 heteroatoms. The normalized spacial score (nSPS) is 36.4. The van der Waals surface area contributed by atoms with Crippen molar-refractivity contribution < 1.29 is 14.6 Å². The van der Waals surface area contributed by atoms with Gasteiger partial charge in [0, 0.05) is 6.42 Å². The van der Waals surface area contributed by atoms with Crippen molar-refractivity contribution in [1.82, 2.24) is 0 Å². The predicted octanol–water partition coefficient (Wildman–Crippen LogP) is 6.38. The fourth-order valence-corrected chi connectivity index (χ4v) is 5.66. The van der Waals surface area contributed by atoms with Crippen LogP contribution in [0.2, 0.25) is 0 Å². The summed E-state index contributed by atoms with van der Waals surface area (Å²) in [5, 5.41) is 19.9. The second-order valence-electron chi connectivity index (χ2n) is 10.5. The van der Waals surface area contributed by atoms with Crippen molar-refractivity contribution in [3.8, 4) is 0 Å². The molecule has 5 unspecified atom stereocenters.